The summed E-state index contributed by atoms with van der Waals surface area (Å²) in [6.45, 7) is 2.11. The molecule has 0 saturated carbocycles. The maximum Gasteiger partial charge on any atom is 0.231 e. The molecule has 3 aromatic rings. The van der Waals surface area contributed by atoms with Gasteiger partial charge in [-0.25, -0.2) is 0 Å². The lowest BCUT2D eigenvalue weighted by Crippen LogP contribution is -2.15. The van der Waals surface area contributed by atoms with Crippen LogP contribution >= 0.6 is 11.6 Å². The first-order valence-corrected chi connectivity index (χ1v) is 8.38. The molecular formula is C19H15ClN2O4. The van der Waals surface area contributed by atoms with Crippen LogP contribution in [0.2, 0.25) is 5.02 Å². The van der Waals surface area contributed by atoms with Crippen molar-refractivity contribution < 1.29 is 18.8 Å². The quantitative estimate of drug-likeness (QED) is 0.744. The summed E-state index contributed by atoms with van der Waals surface area (Å²) < 4.78 is 16.0. The number of anilines is 1. The molecule has 2 aromatic carbocycles. The van der Waals surface area contributed by atoms with E-state index in [0.717, 1.165) is 11.1 Å². The number of aryl methyl sites for hydroxylation is 1. The lowest BCUT2D eigenvalue weighted by Gasteiger charge is -2.07. The number of nitrogens with one attached hydrogen (secondary N) is 1. The normalized spacial score (nSPS) is 12.2. The lowest BCUT2D eigenvalue weighted by atomic mass is 10.1. The second-order valence-corrected chi connectivity index (χ2v) is 6.37. The van der Waals surface area contributed by atoms with E-state index >= 15 is 0 Å². The fraction of sp³-hybridized carbons (Fsp3) is 0.158. The van der Waals surface area contributed by atoms with Gasteiger partial charge in [-0.2, -0.15) is 0 Å². The first-order chi connectivity index (χ1) is 12.6. The van der Waals surface area contributed by atoms with Gasteiger partial charge in [-0.15, -0.1) is 0 Å². The minimum Gasteiger partial charge on any atom is -0.454 e. The Morgan fingerprint density at radius 1 is 1.15 bits per heavy atom. The van der Waals surface area contributed by atoms with Crippen LogP contribution in [0.3, 0.4) is 0 Å². The number of aromatic nitrogens is 1. The number of amides is 1. The summed E-state index contributed by atoms with van der Waals surface area (Å²) in [6.07, 6.45) is 0.0972. The van der Waals surface area contributed by atoms with Crippen LogP contribution in [0.1, 0.15) is 11.3 Å². The third kappa shape index (κ3) is 3.36. The molecular weight excluding hydrogens is 356 g/mol. The van der Waals surface area contributed by atoms with Crippen molar-refractivity contribution in [2.24, 2.45) is 0 Å². The van der Waals surface area contributed by atoms with Gasteiger partial charge in [-0.3, -0.25) is 4.79 Å². The lowest BCUT2D eigenvalue weighted by molar-refractivity contribution is -0.115. The van der Waals surface area contributed by atoms with Gasteiger partial charge >= 0.3 is 0 Å². The zero-order valence-corrected chi connectivity index (χ0v) is 14.7. The zero-order valence-electron chi connectivity index (χ0n) is 13.9. The highest BCUT2D eigenvalue weighted by atomic mass is 35.5. The molecule has 0 atom stereocenters. The average Bonchev–Trinajstić information content (AvgIpc) is 3.26. The molecule has 4 rings (SSSR count). The first kappa shape index (κ1) is 16.5. The monoisotopic (exact) mass is 370 g/mol. The van der Waals surface area contributed by atoms with Crippen LogP contribution in [0.15, 0.2) is 47.0 Å². The predicted molar refractivity (Wildman–Crippen MR) is 96.6 cm³/mol. The number of rotatable bonds is 4. The minimum absolute atomic E-state index is 0.0972. The Balaban J connectivity index is 1.46. The number of carbonyl (C=O) groups is 1. The molecule has 7 heteroatoms. The van der Waals surface area contributed by atoms with Crippen LogP contribution in [-0.2, 0) is 11.2 Å². The van der Waals surface area contributed by atoms with Crippen molar-refractivity contribution in [3.05, 3.63) is 58.7 Å². The van der Waals surface area contributed by atoms with E-state index < -0.39 is 0 Å². The van der Waals surface area contributed by atoms with E-state index in [1.54, 1.807) is 18.2 Å². The third-order valence-corrected chi connectivity index (χ3v) is 4.27. The maximum absolute atomic E-state index is 12.3. The number of halogens is 1. The molecule has 1 aliphatic rings. The molecule has 1 aromatic heterocycles. The minimum atomic E-state index is -0.194. The van der Waals surface area contributed by atoms with E-state index in [4.69, 9.17) is 25.6 Å². The molecule has 26 heavy (non-hydrogen) atoms. The van der Waals surface area contributed by atoms with E-state index in [9.17, 15) is 4.79 Å². The molecule has 0 unspecified atom stereocenters. The van der Waals surface area contributed by atoms with Gasteiger partial charge in [0, 0.05) is 22.3 Å². The Morgan fingerprint density at radius 3 is 2.88 bits per heavy atom. The van der Waals surface area contributed by atoms with Crippen molar-refractivity contribution in [3.63, 3.8) is 0 Å². The number of hydrogen-bond acceptors (Lipinski definition) is 5. The van der Waals surface area contributed by atoms with Gasteiger partial charge in [-0.1, -0.05) is 22.8 Å². The number of benzene rings is 2. The largest absolute Gasteiger partial charge is 0.454 e. The Labute approximate surface area is 154 Å². The fourth-order valence-corrected chi connectivity index (χ4v) is 2.84. The van der Waals surface area contributed by atoms with Gasteiger partial charge in [0.25, 0.3) is 0 Å². The smallest absolute Gasteiger partial charge is 0.231 e. The predicted octanol–water partition coefficient (Wildman–Crippen LogP) is 4.21. The topological polar surface area (TPSA) is 73.6 Å². The highest BCUT2D eigenvalue weighted by molar-refractivity contribution is 6.31. The molecule has 1 aliphatic heterocycles. The molecule has 1 amide bonds. The second kappa shape index (κ2) is 6.72. The molecule has 2 heterocycles. The van der Waals surface area contributed by atoms with Crippen molar-refractivity contribution >= 4 is 23.2 Å². The van der Waals surface area contributed by atoms with Crippen LogP contribution in [0, 0.1) is 6.92 Å². The summed E-state index contributed by atoms with van der Waals surface area (Å²) in [6, 6.07) is 12.6. The van der Waals surface area contributed by atoms with E-state index in [1.165, 1.54) is 0 Å². The van der Waals surface area contributed by atoms with Crippen molar-refractivity contribution in [1.82, 2.24) is 5.16 Å². The van der Waals surface area contributed by atoms with E-state index in [0.29, 0.717) is 33.7 Å². The van der Waals surface area contributed by atoms with Crippen LogP contribution in [0.25, 0.3) is 11.3 Å². The number of carbonyl (C=O) groups excluding carboxylic acids is 1. The van der Waals surface area contributed by atoms with Crippen molar-refractivity contribution in [1.29, 1.82) is 0 Å². The number of ether oxygens (including phenoxy) is 2. The van der Waals surface area contributed by atoms with Gasteiger partial charge in [0.2, 0.25) is 12.7 Å². The SMILES string of the molecule is Cc1ccc(Cl)cc1NC(=O)Cc1cc(-c2ccc3c(c2)OCO3)on1. The van der Waals surface area contributed by atoms with Crippen LogP contribution in [-0.4, -0.2) is 17.9 Å². The highest BCUT2D eigenvalue weighted by Gasteiger charge is 2.17. The van der Waals surface area contributed by atoms with Gasteiger partial charge in [0.1, 0.15) is 0 Å². The van der Waals surface area contributed by atoms with Gasteiger partial charge in [-0.05, 0) is 42.8 Å². The molecule has 0 bridgehead atoms. The zero-order chi connectivity index (χ0) is 18.1. The Bertz CT molecular complexity index is 983. The fourth-order valence-electron chi connectivity index (χ4n) is 2.67. The second-order valence-electron chi connectivity index (χ2n) is 5.93. The van der Waals surface area contributed by atoms with Crippen LogP contribution in [0.5, 0.6) is 11.5 Å². The van der Waals surface area contributed by atoms with E-state index in [1.807, 2.05) is 31.2 Å². The van der Waals surface area contributed by atoms with E-state index in [2.05, 4.69) is 10.5 Å². The molecule has 0 aliphatic carbocycles. The molecule has 0 fully saturated rings. The van der Waals surface area contributed by atoms with Crippen molar-refractivity contribution in [2.75, 3.05) is 12.1 Å². The maximum atomic E-state index is 12.3. The van der Waals surface area contributed by atoms with Gasteiger partial charge in [0.15, 0.2) is 17.3 Å². The summed E-state index contributed by atoms with van der Waals surface area (Å²) in [4.78, 5) is 12.3. The van der Waals surface area contributed by atoms with Gasteiger partial charge < -0.3 is 19.3 Å². The molecule has 0 radical (unpaired) electrons. The first-order valence-electron chi connectivity index (χ1n) is 8.00. The summed E-state index contributed by atoms with van der Waals surface area (Å²) in [5, 5.41) is 7.38. The van der Waals surface area contributed by atoms with Gasteiger partial charge in [0.05, 0.1) is 12.1 Å². The average molecular weight is 371 g/mol. The van der Waals surface area contributed by atoms with Crippen molar-refractivity contribution in [3.8, 4) is 22.8 Å². The summed E-state index contributed by atoms with van der Waals surface area (Å²) in [5.41, 5.74) is 2.96. The Kier molecular flexibility index (Phi) is 4.26. The molecule has 1 N–H and O–H groups in total. The molecule has 0 saturated heterocycles. The molecule has 132 valence electrons. The third-order valence-electron chi connectivity index (χ3n) is 4.03. The van der Waals surface area contributed by atoms with Crippen LogP contribution < -0.4 is 14.8 Å². The Morgan fingerprint density at radius 2 is 2.00 bits per heavy atom. The molecule has 0 spiro atoms. The highest BCUT2D eigenvalue weighted by Crippen LogP contribution is 2.36. The number of nitrogens with zero attached hydrogens (tertiary/aromatic N) is 1. The summed E-state index contributed by atoms with van der Waals surface area (Å²) in [7, 11) is 0. The molecule has 6 nitrogen and oxygen atoms in total. The number of fused-ring (bicyclic) bond motifs is 1. The van der Waals surface area contributed by atoms with E-state index in [-0.39, 0.29) is 19.1 Å². The Hall–Kier alpha value is -2.99. The summed E-state index contributed by atoms with van der Waals surface area (Å²) in [5.74, 6) is 1.73. The van der Waals surface area contributed by atoms with Crippen LogP contribution in [0.4, 0.5) is 5.69 Å². The number of hydrogen-bond donors (Lipinski definition) is 1. The summed E-state index contributed by atoms with van der Waals surface area (Å²) >= 11 is 5.97. The standard InChI is InChI=1S/C19H15ClN2O4/c1-11-2-4-13(20)7-15(11)21-19(23)9-14-8-17(26-22-14)12-3-5-16-18(6-12)25-10-24-16/h2-8H,9-10H2,1H3,(H,21,23). The van der Waals surface area contributed by atoms with Crippen molar-refractivity contribution in [2.45, 2.75) is 13.3 Å².